The van der Waals surface area contributed by atoms with Crippen molar-refractivity contribution in [3.63, 3.8) is 0 Å². The Morgan fingerprint density at radius 1 is 1.00 bits per heavy atom. The molecule has 0 bridgehead atoms. The van der Waals surface area contributed by atoms with Crippen LogP contribution in [0.15, 0.2) is 48.5 Å². The predicted molar refractivity (Wildman–Crippen MR) is 125 cm³/mol. The molecular weight excluding hydrogens is 392 g/mol. The molecule has 0 aromatic heterocycles. The number of aliphatic hydroxyl groups is 1. The lowest BCUT2D eigenvalue weighted by Gasteiger charge is -2.21. The standard InChI is InChI=1S/C25H36N2O4/c1-4-5-6-7-16-30-21-12-8-19(9-13-21)25(29)27-20-10-14-22(15-11-20)31-24(26)23(28)17-18(2)3/h8-15,18,23-24,28H,4-7,16-17,26H2,1-3H3,(H,27,29). The number of hydrogen-bond donors (Lipinski definition) is 3. The number of nitrogens with one attached hydrogen (secondary N) is 1. The van der Waals surface area contributed by atoms with Crippen LogP contribution in [-0.4, -0.2) is 30.0 Å². The smallest absolute Gasteiger partial charge is 0.255 e. The molecule has 2 aromatic rings. The fraction of sp³-hybridized carbons (Fsp3) is 0.480. The van der Waals surface area contributed by atoms with Crippen molar-refractivity contribution in [2.75, 3.05) is 11.9 Å². The maximum absolute atomic E-state index is 12.5. The largest absolute Gasteiger partial charge is 0.494 e. The number of hydrogen-bond acceptors (Lipinski definition) is 5. The van der Waals surface area contributed by atoms with Gasteiger partial charge in [0.05, 0.1) is 6.61 Å². The van der Waals surface area contributed by atoms with Gasteiger partial charge < -0.3 is 19.9 Å². The number of amides is 1. The fourth-order valence-electron chi connectivity index (χ4n) is 3.09. The topological polar surface area (TPSA) is 93.8 Å². The molecule has 4 N–H and O–H groups in total. The van der Waals surface area contributed by atoms with E-state index >= 15 is 0 Å². The maximum atomic E-state index is 12.5. The Balaban J connectivity index is 1.82. The summed E-state index contributed by atoms with van der Waals surface area (Å²) in [4.78, 5) is 12.5. The maximum Gasteiger partial charge on any atom is 0.255 e. The number of anilines is 1. The SMILES string of the molecule is CCCCCCOc1ccc(C(=O)Nc2ccc(OC(N)C(O)CC(C)C)cc2)cc1. The third-order valence-corrected chi connectivity index (χ3v) is 4.86. The molecule has 6 nitrogen and oxygen atoms in total. The van der Waals surface area contributed by atoms with Gasteiger partial charge in [-0.3, -0.25) is 10.5 Å². The van der Waals surface area contributed by atoms with Gasteiger partial charge in [-0.15, -0.1) is 0 Å². The number of nitrogens with two attached hydrogens (primary N) is 1. The highest BCUT2D eigenvalue weighted by Crippen LogP contribution is 2.19. The van der Waals surface area contributed by atoms with Gasteiger partial charge in [-0.1, -0.05) is 40.0 Å². The van der Waals surface area contributed by atoms with Crippen LogP contribution in [0, 0.1) is 5.92 Å². The van der Waals surface area contributed by atoms with Crippen LogP contribution < -0.4 is 20.5 Å². The Hall–Kier alpha value is -2.57. The van der Waals surface area contributed by atoms with Gasteiger partial charge in [-0.05, 0) is 67.3 Å². The van der Waals surface area contributed by atoms with Gasteiger partial charge >= 0.3 is 0 Å². The molecule has 0 heterocycles. The zero-order chi connectivity index (χ0) is 22.6. The summed E-state index contributed by atoms with van der Waals surface area (Å²) in [7, 11) is 0. The van der Waals surface area contributed by atoms with Crippen molar-refractivity contribution in [2.24, 2.45) is 11.7 Å². The van der Waals surface area contributed by atoms with Crippen molar-refractivity contribution < 1.29 is 19.4 Å². The summed E-state index contributed by atoms with van der Waals surface area (Å²) >= 11 is 0. The number of rotatable bonds is 13. The number of aliphatic hydroxyl groups excluding tert-OH is 1. The average Bonchev–Trinajstić information content (AvgIpc) is 2.75. The van der Waals surface area contributed by atoms with Gasteiger partial charge in [0.1, 0.15) is 17.6 Å². The molecule has 0 saturated heterocycles. The molecule has 31 heavy (non-hydrogen) atoms. The summed E-state index contributed by atoms with van der Waals surface area (Å²) in [6.45, 7) is 6.91. The highest BCUT2D eigenvalue weighted by Gasteiger charge is 2.17. The molecular formula is C25H36N2O4. The molecule has 0 spiro atoms. The minimum Gasteiger partial charge on any atom is -0.494 e. The molecule has 0 saturated carbocycles. The Labute approximate surface area is 185 Å². The van der Waals surface area contributed by atoms with Crippen LogP contribution in [0.4, 0.5) is 5.69 Å². The van der Waals surface area contributed by atoms with Gasteiger partial charge in [0.25, 0.3) is 5.91 Å². The number of ether oxygens (including phenoxy) is 2. The normalized spacial score (nSPS) is 13.0. The minimum absolute atomic E-state index is 0.202. The number of carbonyl (C=O) groups excluding carboxylic acids is 1. The van der Waals surface area contributed by atoms with Crippen molar-refractivity contribution >= 4 is 11.6 Å². The summed E-state index contributed by atoms with van der Waals surface area (Å²) in [5.74, 6) is 1.43. The van der Waals surface area contributed by atoms with Crippen LogP contribution in [0.25, 0.3) is 0 Å². The lowest BCUT2D eigenvalue weighted by atomic mass is 10.1. The van der Waals surface area contributed by atoms with Crippen LogP contribution in [-0.2, 0) is 0 Å². The second-order valence-corrected chi connectivity index (χ2v) is 8.19. The molecule has 6 heteroatoms. The first-order valence-electron chi connectivity index (χ1n) is 11.1. The van der Waals surface area contributed by atoms with E-state index in [1.54, 1.807) is 36.4 Å². The van der Waals surface area contributed by atoms with Gasteiger partial charge in [-0.2, -0.15) is 0 Å². The molecule has 0 aliphatic carbocycles. The Kier molecular flexibility index (Phi) is 10.3. The molecule has 2 unspecified atom stereocenters. The number of carbonyl (C=O) groups is 1. The summed E-state index contributed by atoms with van der Waals surface area (Å²) in [6, 6.07) is 14.0. The zero-order valence-electron chi connectivity index (χ0n) is 18.8. The third kappa shape index (κ3) is 8.99. The monoisotopic (exact) mass is 428 g/mol. The fourth-order valence-corrected chi connectivity index (χ4v) is 3.09. The van der Waals surface area contributed by atoms with Crippen molar-refractivity contribution in [3.8, 4) is 11.5 Å². The van der Waals surface area contributed by atoms with Crippen molar-refractivity contribution in [1.29, 1.82) is 0 Å². The van der Waals surface area contributed by atoms with Gasteiger partial charge in [0.15, 0.2) is 6.23 Å². The lowest BCUT2D eigenvalue weighted by molar-refractivity contribution is 0.0268. The van der Waals surface area contributed by atoms with Crippen molar-refractivity contribution in [1.82, 2.24) is 0 Å². The zero-order valence-corrected chi connectivity index (χ0v) is 18.8. The van der Waals surface area contributed by atoms with E-state index in [1.807, 2.05) is 26.0 Å². The minimum atomic E-state index is -0.796. The number of unbranched alkanes of at least 4 members (excludes halogenated alkanes) is 3. The molecule has 0 aliphatic rings. The van der Waals surface area contributed by atoms with Crippen LogP contribution in [0.3, 0.4) is 0 Å². The molecule has 1 amide bonds. The summed E-state index contributed by atoms with van der Waals surface area (Å²) in [5, 5.41) is 12.9. The second kappa shape index (κ2) is 13.0. The predicted octanol–water partition coefficient (Wildman–Crippen LogP) is 4.97. The first-order chi connectivity index (χ1) is 14.9. The Bertz CT molecular complexity index is 775. The molecule has 170 valence electrons. The number of benzene rings is 2. The van der Waals surface area contributed by atoms with Crippen LogP contribution in [0.5, 0.6) is 11.5 Å². The van der Waals surface area contributed by atoms with Gasteiger partial charge in [0, 0.05) is 11.3 Å². The second-order valence-electron chi connectivity index (χ2n) is 8.19. The molecule has 0 radical (unpaired) electrons. The summed E-state index contributed by atoms with van der Waals surface area (Å²) in [5.41, 5.74) is 7.10. The van der Waals surface area contributed by atoms with Crippen molar-refractivity contribution in [3.05, 3.63) is 54.1 Å². The quantitative estimate of drug-likeness (QED) is 0.309. The van der Waals surface area contributed by atoms with E-state index in [0.29, 0.717) is 35.9 Å². The first kappa shape index (κ1) is 24.7. The van der Waals surface area contributed by atoms with E-state index in [9.17, 15) is 9.90 Å². The van der Waals surface area contributed by atoms with Crippen LogP contribution in [0.1, 0.15) is 63.2 Å². The molecule has 2 atom stereocenters. The first-order valence-corrected chi connectivity index (χ1v) is 11.1. The van der Waals surface area contributed by atoms with Gasteiger partial charge in [0.2, 0.25) is 0 Å². The van der Waals surface area contributed by atoms with E-state index in [-0.39, 0.29) is 5.91 Å². The third-order valence-electron chi connectivity index (χ3n) is 4.86. The molecule has 0 aliphatic heterocycles. The summed E-state index contributed by atoms with van der Waals surface area (Å²) in [6.07, 6.45) is 3.68. The van der Waals surface area contributed by atoms with E-state index in [1.165, 1.54) is 19.3 Å². The highest BCUT2D eigenvalue weighted by atomic mass is 16.5. The average molecular weight is 429 g/mol. The van der Waals surface area contributed by atoms with Crippen LogP contribution in [0.2, 0.25) is 0 Å². The van der Waals surface area contributed by atoms with E-state index in [4.69, 9.17) is 15.2 Å². The highest BCUT2D eigenvalue weighted by molar-refractivity contribution is 6.04. The molecule has 2 rings (SSSR count). The van der Waals surface area contributed by atoms with E-state index in [0.717, 1.165) is 12.2 Å². The van der Waals surface area contributed by atoms with E-state index in [2.05, 4.69) is 12.2 Å². The molecule has 0 fully saturated rings. The summed E-state index contributed by atoms with van der Waals surface area (Å²) < 4.78 is 11.3. The molecule has 2 aromatic carbocycles. The van der Waals surface area contributed by atoms with Crippen LogP contribution >= 0.6 is 0 Å². The van der Waals surface area contributed by atoms with Gasteiger partial charge in [-0.25, -0.2) is 0 Å². The Morgan fingerprint density at radius 2 is 1.65 bits per heavy atom. The lowest BCUT2D eigenvalue weighted by Crippen LogP contribution is -2.40. The van der Waals surface area contributed by atoms with E-state index < -0.39 is 12.3 Å². The Morgan fingerprint density at radius 3 is 2.26 bits per heavy atom. The van der Waals surface area contributed by atoms with Crippen molar-refractivity contribution in [2.45, 2.75) is 65.2 Å².